The zero-order chi connectivity index (χ0) is 21.6. The molecule has 1 atom stereocenters. The molecule has 9 heteroatoms. The quantitative estimate of drug-likeness (QED) is 0.275. The summed E-state index contributed by atoms with van der Waals surface area (Å²) in [7, 11) is 0. The highest BCUT2D eigenvalue weighted by Crippen LogP contribution is 2.29. The van der Waals surface area contributed by atoms with Crippen molar-refractivity contribution in [2.45, 2.75) is 39.0 Å². The SMILES string of the molecule is CC(C)(C)NCC(OC(=O)OCc1ccccc1[N+](=O)[O-])c1ccc(O)c(O)c1. The summed E-state index contributed by atoms with van der Waals surface area (Å²) < 4.78 is 10.4. The molecular formula is C20H24N2O7. The highest BCUT2D eigenvalue weighted by Gasteiger charge is 2.22. The van der Waals surface area contributed by atoms with Crippen LogP contribution in [0.15, 0.2) is 42.5 Å². The standard InChI is InChI=1S/C20H24N2O7/c1-20(2,3)21-11-18(13-8-9-16(23)17(24)10-13)29-19(25)28-12-14-6-4-5-7-15(14)22(26)27/h4-10,18,21,23-24H,11-12H2,1-3H3. The number of nitro benzene ring substituents is 1. The average molecular weight is 404 g/mol. The molecule has 2 aromatic carbocycles. The third kappa shape index (κ3) is 6.65. The van der Waals surface area contributed by atoms with Crippen molar-refractivity contribution in [2.24, 2.45) is 0 Å². The van der Waals surface area contributed by atoms with E-state index in [2.05, 4.69) is 5.32 Å². The van der Waals surface area contributed by atoms with Gasteiger partial charge in [0.15, 0.2) is 11.5 Å². The summed E-state index contributed by atoms with van der Waals surface area (Å²) in [6.07, 6.45) is -1.84. The van der Waals surface area contributed by atoms with E-state index in [1.807, 2.05) is 20.8 Å². The molecule has 2 rings (SSSR count). The number of hydrogen-bond acceptors (Lipinski definition) is 8. The van der Waals surface area contributed by atoms with E-state index in [9.17, 15) is 25.1 Å². The molecule has 0 saturated carbocycles. The number of nitrogens with zero attached hydrogens (tertiary/aromatic N) is 1. The van der Waals surface area contributed by atoms with Crippen LogP contribution in [0.25, 0.3) is 0 Å². The second-order valence-electron chi connectivity index (χ2n) is 7.41. The zero-order valence-electron chi connectivity index (χ0n) is 16.4. The van der Waals surface area contributed by atoms with Crippen LogP contribution in [0.5, 0.6) is 11.5 Å². The minimum atomic E-state index is -1.02. The van der Waals surface area contributed by atoms with Crippen molar-refractivity contribution < 1.29 is 29.4 Å². The molecule has 0 aliphatic rings. The molecule has 156 valence electrons. The summed E-state index contributed by atoms with van der Waals surface area (Å²) in [5.74, 6) is -0.643. The fraction of sp³-hybridized carbons (Fsp3) is 0.350. The van der Waals surface area contributed by atoms with Crippen LogP contribution in [0, 0.1) is 10.1 Å². The summed E-state index contributed by atoms with van der Waals surface area (Å²) in [6, 6.07) is 10.0. The maximum absolute atomic E-state index is 12.2. The van der Waals surface area contributed by atoms with Gasteiger partial charge in [-0.15, -0.1) is 0 Å². The number of benzene rings is 2. The Bertz CT molecular complexity index is 877. The molecule has 0 amide bonds. The van der Waals surface area contributed by atoms with Crippen molar-refractivity contribution in [2.75, 3.05) is 6.54 Å². The maximum atomic E-state index is 12.2. The number of para-hydroxylation sites is 1. The number of nitro groups is 1. The molecule has 2 aromatic rings. The topological polar surface area (TPSA) is 131 Å². The Balaban J connectivity index is 2.10. The summed E-state index contributed by atoms with van der Waals surface area (Å²) >= 11 is 0. The molecule has 0 bridgehead atoms. The number of rotatable bonds is 7. The second kappa shape index (κ2) is 9.24. The van der Waals surface area contributed by atoms with Crippen LogP contribution in [0.4, 0.5) is 10.5 Å². The lowest BCUT2D eigenvalue weighted by Crippen LogP contribution is -2.39. The molecule has 0 saturated heterocycles. The number of carbonyl (C=O) groups is 1. The van der Waals surface area contributed by atoms with Crippen LogP contribution in [0.1, 0.15) is 38.0 Å². The van der Waals surface area contributed by atoms with Crippen LogP contribution in [0.2, 0.25) is 0 Å². The molecule has 0 radical (unpaired) electrons. The van der Waals surface area contributed by atoms with Crippen LogP contribution in [0.3, 0.4) is 0 Å². The third-order valence-corrected chi connectivity index (χ3v) is 3.96. The Morgan fingerprint density at radius 3 is 2.48 bits per heavy atom. The first-order valence-electron chi connectivity index (χ1n) is 8.89. The number of hydrogen-bond donors (Lipinski definition) is 3. The van der Waals surface area contributed by atoms with E-state index in [1.165, 1.54) is 36.4 Å². The highest BCUT2D eigenvalue weighted by atomic mass is 16.7. The third-order valence-electron chi connectivity index (χ3n) is 3.96. The lowest BCUT2D eigenvalue weighted by molar-refractivity contribution is -0.385. The smallest absolute Gasteiger partial charge is 0.504 e. The molecule has 0 heterocycles. The summed E-state index contributed by atoms with van der Waals surface area (Å²) in [5, 5.41) is 33.5. The van der Waals surface area contributed by atoms with Crippen LogP contribution in [-0.2, 0) is 16.1 Å². The van der Waals surface area contributed by atoms with E-state index in [1.54, 1.807) is 6.07 Å². The molecule has 29 heavy (non-hydrogen) atoms. The first-order chi connectivity index (χ1) is 13.6. The normalized spacial score (nSPS) is 12.2. The van der Waals surface area contributed by atoms with E-state index in [0.717, 1.165) is 0 Å². The minimum Gasteiger partial charge on any atom is -0.504 e. The van der Waals surface area contributed by atoms with Crippen molar-refractivity contribution in [1.82, 2.24) is 5.32 Å². The van der Waals surface area contributed by atoms with E-state index >= 15 is 0 Å². The van der Waals surface area contributed by atoms with Gasteiger partial charge in [-0.3, -0.25) is 10.1 Å². The minimum absolute atomic E-state index is 0.158. The Morgan fingerprint density at radius 1 is 1.17 bits per heavy atom. The number of nitrogens with one attached hydrogen (secondary N) is 1. The molecule has 3 N–H and O–H groups in total. The van der Waals surface area contributed by atoms with E-state index in [4.69, 9.17) is 9.47 Å². The zero-order valence-corrected chi connectivity index (χ0v) is 16.4. The summed E-state index contributed by atoms with van der Waals surface area (Å²) in [6.45, 7) is 5.70. The first kappa shape index (κ1) is 22.0. The average Bonchev–Trinajstić information content (AvgIpc) is 2.65. The van der Waals surface area contributed by atoms with E-state index in [0.29, 0.717) is 5.56 Å². The molecule has 0 aromatic heterocycles. The molecule has 0 aliphatic carbocycles. The Labute approximate surface area is 168 Å². The Morgan fingerprint density at radius 2 is 1.86 bits per heavy atom. The lowest BCUT2D eigenvalue weighted by Gasteiger charge is -2.25. The van der Waals surface area contributed by atoms with Gasteiger partial charge in [0.1, 0.15) is 12.7 Å². The summed E-state index contributed by atoms with van der Waals surface area (Å²) in [5.41, 5.74) is 0.255. The van der Waals surface area contributed by atoms with Gasteiger partial charge in [0.25, 0.3) is 5.69 Å². The van der Waals surface area contributed by atoms with Crippen LogP contribution >= 0.6 is 0 Å². The predicted octanol–water partition coefficient (Wildman–Crippen LogP) is 3.79. The van der Waals surface area contributed by atoms with Gasteiger partial charge < -0.3 is 25.0 Å². The molecule has 9 nitrogen and oxygen atoms in total. The maximum Gasteiger partial charge on any atom is 0.509 e. The van der Waals surface area contributed by atoms with E-state index in [-0.39, 0.29) is 41.4 Å². The molecule has 0 fully saturated rings. The number of phenols is 2. The first-order valence-corrected chi connectivity index (χ1v) is 8.89. The second-order valence-corrected chi connectivity index (χ2v) is 7.41. The molecule has 1 unspecified atom stereocenters. The monoisotopic (exact) mass is 404 g/mol. The van der Waals surface area contributed by atoms with Crippen LogP contribution < -0.4 is 5.32 Å². The van der Waals surface area contributed by atoms with Crippen molar-refractivity contribution in [3.05, 3.63) is 63.7 Å². The largest absolute Gasteiger partial charge is 0.509 e. The number of carbonyl (C=O) groups excluding carboxylic acids is 1. The number of ether oxygens (including phenoxy) is 2. The predicted molar refractivity (Wildman–Crippen MR) is 105 cm³/mol. The Kier molecular flexibility index (Phi) is 7.00. The Hall–Kier alpha value is -3.33. The van der Waals surface area contributed by atoms with Crippen molar-refractivity contribution in [1.29, 1.82) is 0 Å². The lowest BCUT2D eigenvalue weighted by atomic mass is 10.1. The van der Waals surface area contributed by atoms with Crippen molar-refractivity contribution >= 4 is 11.8 Å². The fourth-order valence-electron chi connectivity index (χ4n) is 2.47. The van der Waals surface area contributed by atoms with Gasteiger partial charge in [0.2, 0.25) is 0 Å². The van der Waals surface area contributed by atoms with Gasteiger partial charge in [0.05, 0.1) is 10.5 Å². The number of phenolic OH excluding ortho intramolecular Hbond substituents is 2. The summed E-state index contributed by atoms with van der Waals surface area (Å²) in [4.78, 5) is 22.7. The molecule has 0 spiro atoms. The molecular weight excluding hydrogens is 380 g/mol. The van der Waals surface area contributed by atoms with Crippen LogP contribution in [-0.4, -0.2) is 33.4 Å². The number of aromatic hydroxyl groups is 2. The van der Waals surface area contributed by atoms with Crippen molar-refractivity contribution in [3.8, 4) is 11.5 Å². The highest BCUT2D eigenvalue weighted by molar-refractivity contribution is 5.61. The van der Waals surface area contributed by atoms with Crippen molar-refractivity contribution in [3.63, 3.8) is 0 Å². The van der Waals surface area contributed by atoms with Gasteiger partial charge in [0, 0.05) is 18.2 Å². The van der Waals surface area contributed by atoms with E-state index < -0.39 is 17.2 Å². The van der Waals surface area contributed by atoms with Gasteiger partial charge >= 0.3 is 6.16 Å². The molecule has 0 aliphatic heterocycles. The van der Waals surface area contributed by atoms with Gasteiger partial charge in [-0.1, -0.05) is 18.2 Å². The fourth-order valence-corrected chi connectivity index (χ4v) is 2.47. The van der Waals surface area contributed by atoms with Gasteiger partial charge in [-0.05, 0) is 44.5 Å². The van der Waals surface area contributed by atoms with Gasteiger partial charge in [-0.25, -0.2) is 4.79 Å². The van der Waals surface area contributed by atoms with Gasteiger partial charge in [-0.2, -0.15) is 0 Å².